The van der Waals surface area contributed by atoms with Crippen molar-refractivity contribution in [2.24, 2.45) is 5.73 Å². The first kappa shape index (κ1) is 22.1. The Bertz CT molecular complexity index is 945. The van der Waals surface area contributed by atoms with Crippen molar-refractivity contribution in [2.45, 2.75) is 19.1 Å². The highest BCUT2D eigenvalue weighted by Gasteiger charge is 2.23. The molecule has 8 heteroatoms. The summed E-state index contributed by atoms with van der Waals surface area (Å²) in [5, 5.41) is 0.963. The molecule has 0 bridgehead atoms. The van der Waals surface area contributed by atoms with Crippen molar-refractivity contribution < 1.29 is 9.13 Å². The Labute approximate surface area is 185 Å². The summed E-state index contributed by atoms with van der Waals surface area (Å²) in [7, 11) is 1.71. The van der Waals surface area contributed by atoms with E-state index in [1.54, 1.807) is 19.2 Å². The van der Waals surface area contributed by atoms with Crippen LogP contribution in [0.2, 0.25) is 0 Å². The summed E-state index contributed by atoms with van der Waals surface area (Å²) < 4.78 is 19.7. The van der Waals surface area contributed by atoms with E-state index in [9.17, 15) is 4.39 Å². The summed E-state index contributed by atoms with van der Waals surface area (Å²) in [4.78, 5) is 9.34. The second-order valence-corrected chi connectivity index (χ2v) is 8.23. The number of fused-ring (bicyclic) bond motifs is 1. The zero-order chi connectivity index (χ0) is 19.5. The molecule has 1 fully saturated rings. The van der Waals surface area contributed by atoms with Crippen molar-refractivity contribution in [3.05, 3.63) is 58.9 Å². The van der Waals surface area contributed by atoms with Gasteiger partial charge in [0.05, 0.1) is 28.5 Å². The number of benzene rings is 2. The second-order valence-electron chi connectivity index (χ2n) is 7.12. The Morgan fingerprint density at radius 3 is 2.69 bits per heavy atom. The molecule has 5 nitrogen and oxygen atoms in total. The monoisotopic (exact) mass is 480 g/mol. The van der Waals surface area contributed by atoms with E-state index in [2.05, 4.69) is 20.9 Å². The Morgan fingerprint density at radius 1 is 1.17 bits per heavy atom. The normalized spacial score (nSPS) is 16.5. The van der Waals surface area contributed by atoms with Gasteiger partial charge in [-0.2, -0.15) is 0 Å². The molecule has 2 N–H and O–H groups in total. The van der Waals surface area contributed by atoms with Crippen molar-refractivity contribution in [3.8, 4) is 5.75 Å². The van der Waals surface area contributed by atoms with Crippen molar-refractivity contribution in [3.63, 3.8) is 0 Å². The fourth-order valence-electron chi connectivity index (χ4n) is 3.67. The first-order valence-electron chi connectivity index (χ1n) is 9.51. The van der Waals surface area contributed by atoms with Crippen LogP contribution >= 0.6 is 28.3 Å². The van der Waals surface area contributed by atoms with Crippen molar-refractivity contribution in [2.75, 3.05) is 33.3 Å². The largest absolute Gasteiger partial charge is 0.496 e. The third-order valence-corrected chi connectivity index (χ3v) is 6.28. The average Bonchev–Trinajstić information content (AvgIpc) is 3.10. The summed E-state index contributed by atoms with van der Waals surface area (Å²) in [6.07, 6.45) is 0.617. The van der Waals surface area contributed by atoms with E-state index >= 15 is 0 Å². The molecule has 1 unspecified atom stereocenters. The highest BCUT2D eigenvalue weighted by atomic mass is 79.9. The fourth-order valence-corrected chi connectivity index (χ4v) is 4.71. The van der Waals surface area contributed by atoms with E-state index in [1.807, 2.05) is 18.2 Å². The molecular weight excluding hydrogens is 455 g/mol. The standard InChI is InChI=1S/C21H25FN4OS.BrH/c1-27-18-5-3-2-4-15(18)14-25-8-10-26(11-9-25)20(23)13-21-24-17-7-6-16(22)12-19(17)28-21;/h2-7,12,20H,8-11,13-14,23H2,1H3;1H. The quantitative estimate of drug-likeness (QED) is 0.583. The Morgan fingerprint density at radius 2 is 1.93 bits per heavy atom. The lowest BCUT2D eigenvalue weighted by Crippen LogP contribution is -2.53. The number of hydrogen-bond donors (Lipinski definition) is 1. The molecule has 0 aliphatic carbocycles. The van der Waals surface area contributed by atoms with Gasteiger partial charge in [0.15, 0.2) is 0 Å². The molecule has 29 heavy (non-hydrogen) atoms. The number of nitrogens with two attached hydrogens (primary N) is 1. The predicted molar refractivity (Wildman–Crippen MR) is 121 cm³/mol. The smallest absolute Gasteiger partial charge is 0.124 e. The fraction of sp³-hybridized carbons (Fsp3) is 0.381. The number of methoxy groups -OCH3 is 1. The molecular formula is C21H26BrFN4OS. The number of piperazine rings is 1. The third kappa shape index (κ3) is 5.32. The maximum Gasteiger partial charge on any atom is 0.124 e. The van der Waals surface area contributed by atoms with Gasteiger partial charge < -0.3 is 10.5 Å². The van der Waals surface area contributed by atoms with Crippen LogP contribution in [0.5, 0.6) is 5.75 Å². The van der Waals surface area contributed by atoms with Gasteiger partial charge in [0.2, 0.25) is 0 Å². The molecule has 1 aromatic heterocycles. The zero-order valence-corrected chi connectivity index (χ0v) is 18.9. The molecule has 1 aliphatic rings. The van der Waals surface area contributed by atoms with Crippen LogP contribution in [-0.4, -0.2) is 54.2 Å². The molecule has 2 heterocycles. The van der Waals surface area contributed by atoms with Gasteiger partial charge >= 0.3 is 0 Å². The highest BCUT2D eigenvalue weighted by Crippen LogP contribution is 2.24. The first-order valence-corrected chi connectivity index (χ1v) is 10.3. The molecule has 0 radical (unpaired) electrons. The van der Waals surface area contributed by atoms with Crippen molar-refractivity contribution in [1.82, 2.24) is 14.8 Å². The van der Waals surface area contributed by atoms with Crippen molar-refractivity contribution in [1.29, 1.82) is 0 Å². The summed E-state index contributed by atoms with van der Waals surface area (Å²) in [6, 6.07) is 12.9. The molecule has 3 aromatic rings. The number of thiazole rings is 1. The minimum atomic E-state index is -0.224. The highest BCUT2D eigenvalue weighted by molar-refractivity contribution is 8.93. The zero-order valence-electron chi connectivity index (χ0n) is 16.4. The predicted octanol–water partition coefficient (Wildman–Crippen LogP) is 3.67. The van der Waals surface area contributed by atoms with Gasteiger partial charge in [-0.15, -0.1) is 28.3 Å². The van der Waals surface area contributed by atoms with Crippen LogP contribution in [0.1, 0.15) is 10.6 Å². The lowest BCUT2D eigenvalue weighted by Gasteiger charge is -2.37. The average molecular weight is 481 g/mol. The van der Waals surface area contributed by atoms with Gasteiger partial charge in [0.1, 0.15) is 11.6 Å². The number of halogens is 2. The van der Waals surface area contributed by atoms with E-state index in [0.717, 1.165) is 53.7 Å². The Balaban J connectivity index is 0.00000240. The Kier molecular flexibility index (Phi) is 7.59. The molecule has 0 spiro atoms. The van der Waals surface area contributed by atoms with Crippen molar-refractivity contribution >= 4 is 38.5 Å². The van der Waals surface area contributed by atoms with Gasteiger partial charge in [0, 0.05) is 44.7 Å². The SMILES string of the molecule is Br.COc1ccccc1CN1CCN(C(N)Cc2nc3ccc(F)cc3s2)CC1. The molecule has 1 atom stereocenters. The number of rotatable bonds is 6. The van der Waals surface area contributed by atoms with E-state index in [-0.39, 0.29) is 29.0 Å². The van der Waals surface area contributed by atoms with Crippen LogP contribution in [0.4, 0.5) is 4.39 Å². The lowest BCUT2D eigenvalue weighted by molar-refractivity contribution is 0.0930. The maximum absolute atomic E-state index is 13.4. The minimum Gasteiger partial charge on any atom is -0.496 e. The summed E-state index contributed by atoms with van der Waals surface area (Å²) in [6.45, 7) is 4.68. The van der Waals surface area contributed by atoms with Gasteiger partial charge in [-0.05, 0) is 24.3 Å². The van der Waals surface area contributed by atoms with Crippen LogP contribution in [0, 0.1) is 5.82 Å². The van der Waals surface area contributed by atoms with Gasteiger partial charge in [-0.3, -0.25) is 9.80 Å². The Hall–Kier alpha value is -1.58. The van der Waals surface area contributed by atoms with Crippen LogP contribution in [0.15, 0.2) is 42.5 Å². The molecule has 1 aliphatic heterocycles. The minimum absolute atomic E-state index is 0. The lowest BCUT2D eigenvalue weighted by atomic mass is 10.1. The molecule has 1 saturated heterocycles. The van der Waals surface area contributed by atoms with Gasteiger partial charge in [0.25, 0.3) is 0 Å². The van der Waals surface area contributed by atoms with Crippen LogP contribution in [0.3, 0.4) is 0 Å². The summed E-state index contributed by atoms with van der Waals surface area (Å²) in [5.74, 6) is 0.715. The molecule has 4 rings (SSSR count). The first-order chi connectivity index (χ1) is 13.6. The van der Waals surface area contributed by atoms with E-state index < -0.39 is 0 Å². The molecule has 0 saturated carbocycles. The van der Waals surface area contributed by atoms with Crippen LogP contribution < -0.4 is 10.5 Å². The summed E-state index contributed by atoms with van der Waals surface area (Å²) in [5.41, 5.74) is 8.51. The van der Waals surface area contributed by atoms with Crippen LogP contribution in [0.25, 0.3) is 10.2 Å². The summed E-state index contributed by atoms with van der Waals surface area (Å²) >= 11 is 1.53. The second kappa shape index (κ2) is 9.95. The van der Waals surface area contributed by atoms with Gasteiger partial charge in [-0.25, -0.2) is 9.37 Å². The third-order valence-electron chi connectivity index (χ3n) is 5.24. The van der Waals surface area contributed by atoms with Gasteiger partial charge in [-0.1, -0.05) is 18.2 Å². The van der Waals surface area contributed by atoms with E-state index in [0.29, 0.717) is 6.42 Å². The molecule has 0 amide bonds. The van der Waals surface area contributed by atoms with Crippen LogP contribution in [-0.2, 0) is 13.0 Å². The molecule has 156 valence electrons. The number of nitrogens with zero attached hydrogens (tertiary/aromatic N) is 3. The van der Waals surface area contributed by atoms with E-state index in [1.165, 1.54) is 23.0 Å². The molecule has 2 aromatic carbocycles. The number of hydrogen-bond acceptors (Lipinski definition) is 6. The number of para-hydroxylation sites is 1. The topological polar surface area (TPSA) is 54.6 Å². The number of aromatic nitrogens is 1. The number of ether oxygens (including phenoxy) is 1. The maximum atomic E-state index is 13.4. The van der Waals surface area contributed by atoms with E-state index in [4.69, 9.17) is 10.5 Å².